The Balaban J connectivity index is 1.48. The third kappa shape index (κ3) is 4.56. The Morgan fingerprint density at radius 1 is 0.750 bits per heavy atom. The van der Waals surface area contributed by atoms with Gasteiger partial charge in [0.2, 0.25) is 0 Å². The lowest BCUT2D eigenvalue weighted by Gasteiger charge is -2.19. The van der Waals surface area contributed by atoms with Crippen molar-refractivity contribution in [1.29, 1.82) is 0 Å². The topological polar surface area (TPSA) is 37.9 Å². The number of hydrogen-bond acceptors (Lipinski definition) is 2. The Morgan fingerprint density at radius 2 is 1.39 bits per heavy atom. The van der Waals surface area contributed by atoms with Crippen LogP contribution in [0.2, 0.25) is 0 Å². The van der Waals surface area contributed by atoms with Gasteiger partial charge in [-0.3, -0.25) is 0 Å². The molecule has 4 rings (SSSR count). The highest BCUT2D eigenvalue weighted by molar-refractivity contribution is 5.63. The average Bonchev–Trinajstić information content (AvgIpc) is 3.29. The summed E-state index contributed by atoms with van der Waals surface area (Å²) in [5.74, 6) is 0. The predicted octanol–water partition coefficient (Wildman–Crippen LogP) is 5.82. The predicted molar refractivity (Wildman–Crippen MR) is 113 cm³/mol. The second kappa shape index (κ2) is 9.16. The smallest absolute Gasteiger partial charge is 0.108 e. The Morgan fingerprint density at radius 3 is 2.07 bits per heavy atom. The van der Waals surface area contributed by atoms with E-state index in [-0.39, 0.29) is 6.10 Å². The van der Waals surface area contributed by atoms with Crippen LogP contribution < -0.4 is 0 Å². The summed E-state index contributed by atoms with van der Waals surface area (Å²) in [6.45, 7) is 0.693. The molecule has 1 unspecified atom stereocenters. The highest BCUT2D eigenvalue weighted by Gasteiger charge is 2.14. The number of nitrogens with zero attached hydrogens (tertiary/aromatic N) is 1. The van der Waals surface area contributed by atoms with Crippen LogP contribution in [-0.2, 0) is 11.2 Å². The van der Waals surface area contributed by atoms with Crippen molar-refractivity contribution in [2.24, 2.45) is 0 Å². The van der Waals surface area contributed by atoms with Crippen LogP contribution in [-0.4, -0.2) is 16.6 Å². The van der Waals surface area contributed by atoms with Crippen molar-refractivity contribution in [2.45, 2.75) is 18.9 Å². The van der Waals surface area contributed by atoms with Gasteiger partial charge in [-0.05, 0) is 35.1 Å². The van der Waals surface area contributed by atoms with E-state index in [0.717, 1.165) is 18.5 Å². The molecule has 4 aromatic rings. The van der Waals surface area contributed by atoms with Crippen LogP contribution >= 0.6 is 0 Å². The lowest BCUT2D eigenvalue weighted by atomic mass is 9.98. The molecule has 3 nitrogen and oxygen atoms in total. The minimum Gasteiger partial charge on any atom is -0.369 e. The van der Waals surface area contributed by atoms with E-state index in [4.69, 9.17) is 4.74 Å². The number of rotatable bonds is 8. The average molecular weight is 368 g/mol. The molecule has 0 aliphatic carbocycles. The van der Waals surface area contributed by atoms with Gasteiger partial charge in [-0.15, -0.1) is 0 Å². The summed E-state index contributed by atoms with van der Waals surface area (Å²) in [6, 6.07) is 29.6. The normalized spacial score (nSPS) is 12.0. The van der Waals surface area contributed by atoms with E-state index in [1.807, 2.05) is 18.3 Å². The van der Waals surface area contributed by atoms with Crippen LogP contribution in [0.5, 0.6) is 0 Å². The van der Waals surface area contributed by atoms with Crippen molar-refractivity contribution in [3.05, 3.63) is 114 Å². The molecular weight excluding hydrogens is 344 g/mol. The van der Waals surface area contributed by atoms with Crippen LogP contribution in [0.15, 0.2) is 97.5 Å². The summed E-state index contributed by atoms with van der Waals surface area (Å²) in [6.07, 6.45) is 5.42. The van der Waals surface area contributed by atoms with Gasteiger partial charge in [0.15, 0.2) is 0 Å². The molecule has 1 heterocycles. The molecule has 0 saturated heterocycles. The zero-order valence-electron chi connectivity index (χ0n) is 15.8. The molecule has 3 heteroatoms. The van der Waals surface area contributed by atoms with Gasteiger partial charge in [-0.25, -0.2) is 4.98 Å². The molecule has 0 aliphatic heterocycles. The molecule has 1 N–H and O–H groups in total. The van der Waals surface area contributed by atoms with Gasteiger partial charge in [0.05, 0.1) is 6.33 Å². The van der Waals surface area contributed by atoms with Crippen molar-refractivity contribution >= 4 is 0 Å². The lowest BCUT2D eigenvalue weighted by molar-refractivity contribution is 0.0782. The highest BCUT2D eigenvalue weighted by Crippen LogP contribution is 2.28. The molecule has 0 amide bonds. The number of aryl methyl sites for hydroxylation is 1. The highest BCUT2D eigenvalue weighted by atomic mass is 16.5. The Hall–Kier alpha value is -3.17. The Bertz CT molecular complexity index is 949. The maximum atomic E-state index is 6.32. The molecule has 28 heavy (non-hydrogen) atoms. The third-order valence-corrected chi connectivity index (χ3v) is 4.85. The van der Waals surface area contributed by atoms with E-state index in [1.165, 1.54) is 22.3 Å². The van der Waals surface area contributed by atoms with Gasteiger partial charge in [0.25, 0.3) is 0 Å². The number of H-pyrrole nitrogens is 1. The van der Waals surface area contributed by atoms with Gasteiger partial charge < -0.3 is 9.72 Å². The summed E-state index contributed by atoms with van der Waals surface area (Å²) >= 11 is 0. The number of nitrogens with one attached hydrogen (secondary N) is 1. The van der Waals surface area contributed by atoms with E-state index < -0.39 is 0 Å². The molecule has 1 aromatic heterocycles. The first-order valence-electron chi connectivity index (χ1n) is 9.69. The van der Waals surface area contributed by atoms with Gasteiger partial charge in [0, 0.05) is 18.5 Å². The molecule has 0 spiro atoms. The monoisotopic (exact) mass is 368 g/mol. The molecule has 3 aromatic carbocycles. The first-order chi connectivity index (χ1) is 13.9. The van der Waals surface area contributed by atoms with E-state index in [9.17, 15) is 0 Å². The van der Waals surface area contributed by atoms with Crippen LogP contribution in [0.4, 0.5) is 0 Å². The minimum absolute atomic E-state index is 0.0622. The summed E-state index contributed by atoms with van der Waals surface area (Å²) in [5, 5.41) is 0. The summed E-state index contributed by atoms with van der Waals surface area (Å²) < 4.78 is 6.32. The molecule has 0 fully saturated rings. The molecule has 140 valence electrons. The van der Waals surface area contributed by atoms with Crippen molar-refractivity contribution in [3.8, 4) is 11.1 Å². The van der Waals surface area contributed by atoms with Crippen LogP contribution in [0.25, 0.3) is 11.1 Å². The number of imidazole rings is 1. The van der Waals surface area contributed by atoms with Gasteiger partial charge in [-0.1, -0.05) is 84.9 Å². The zero-order chi connectivity index (χ0) is 19.0. The maximum absolute atomic E-state index is 6.32. The van der Waals surface area contributed by atoms with E-state index in [2.05, 4.69) is 82.8 Å². The second-order valence-corrected chi connectivity index (χ2v) is 6.83. The van der Waals surface area contributed by atoms with Gasteiger partial charge in [0.1, 0.15) is 6.10 Å². The van der Waals surface area contributed by atoms with Gasteiger partial charge >= 0.3 is 0 Å². The van der Waals surface area contributed by atoms with Crippen molar-refractivity contribution in [1.82, 2.24) is 9.97 Å². The number of aromatic amines is 1. The molecule has 0 bridgehead atoms. The largest absolute Gasteiger partial charge is 0.369 e. The van der Waals surface area contributed by atoms with Crippen LogP contribution in [0, 0.1) is 0 Å². The summed E-state index contributed by atoms with van der Waals surface area (Å²) in [5.41, 5.74) is 5.94. The molecule has 0 radical (unpaired) electrons. The fourth-order valence-electron chi connectivity index (χ4n) is 3.38. The minimum atomic E-state index is -0.0622. The third-order valence-electron chi connectivity index (χ3n) is 4.85. The van der Waals surface area contributed by atoms with Crippen LogP contribution in [0.1, 0.15) is 29.3 Å². The summed E-state index contributed by atoms with van der Waals surface area (Å²) in [7, 11) is 0. The number of ether oxygens (including phenoxy) is 1. The number of aromatic nitrogens is 2. The summed E-state index contributed by atoms with van der Waals surface area (Å²) in [4.78, 5) is 7.21. The first kappa shape index (κ1) is 18.2. The maximum Gasteiger partial charge on any atom is 0.108 e. The van der Waals surface area contributed by atoms with Crippen molar-refractivity contribution in [2.75, 3.05) is 6.61 Å². The Labute approximate surface area is 166 Å². The van der Waals surface area contributed by atoms with Crippen molar-refractivity contribution in [3.63, 3.8) is 0 Å². The molecule has 0 saturated carbocycles. The van der Waals surface area contributed by atoms with Gasteiger partial charge in [-0.2, -0.15) is 0 Å². The van der Waals surface area contributed by atoms with Crippen LogP contribution in [0.3, 0.4) is 0 Å². The zero-order valence-corrected chi connectivity index (χ0v) is 15.8. The number of benzene rings is 3. The van der Waals surface area contributed by atoms with E-state index in [1.54, 1.807) is 6.33 Å². The number of hydrogen-bond donors (Lipinski definition) is 1. The SMILES string of the molecule is c1ccc(-c2ccc(C(OCCCc3cnc[nH]3)c3ccccc3)cc2)cc1. The second-order valence-electron chi connectivity index (χ2n) is 6.83. The van der Waals surface area contributed by atoms with E-state index in [0.29, 0.717) is 6.61 Å². The molecule has 0 aliphatic rings. The Kier molecular flexibility index (Phi) is 5.95. The molecular formula is C25H24N2O. The quantitative estimate of drug-likeness (QED) is 0.398. The standard InChI is InChI=1S/C25H24N2O/c1-3-8-20(9-4-1)21-13-15-23(16-14-21)25(22-10-5-2-6-11-22)28-17-7-12-24-18-26-19-27-24/h1-6,8-11,13-16,18-19,25H,7,12,17H2,(H,26,27). The first-order valence-corrected chi connectivity index (χ1v) is 9.69. The fraction of sp³-hybridized carbons (Fsp3) is 0.160. The fourth-order valence-corrected chi connectivity index (χ4v) is 3.38. The van der Waals surface area contributed by atoms with E-state index >= 15 is 0 Å². The lowest BCUT2D eigenvalue weighted by Crippen LogP contribution is -2.08. The van der Waals surface area contributed by atoms with Crippen molar-refractivity contribution < 1.29 is 4.74 Å². The molecule has 1 atom stereocenters.